The van der Waals surface area contributed by atoms with Crippen molar-refractivity contribution in [3.8, 4) is 11.3 Å². The molecule has 2 aromatic rings. The van der Waals surface area contributed by atoms with Crippen molar-refractivity contribution in [2.45, 2.75) is 26.2 Å². The molecule has 0 radical (unpaired) electrons. The Balaban J connectivity index is 0.00000144. The summed E-state index contributed by atoms with van der Waals surface area (Å²) in [5.74, 6) is 0.934. The molecule has 17 heavy (non-hydrogen) atoms. The van der Waals surface area contributed by atoms with Gasteiger partial charge in [-0.2, -0.15) is 30.3 Å². The van der Waals surface area contributed by atoms with Gasteiger partial charge in [0.15, 0.2) is 0 Å². The molecule has 2 nitrogen and oxygen atoms in total. The van der Waals surface area contributed by atoms with E-state index in [0.29, 0.717) is 0 Å². The van der Waals surface area contributed by atoms with Gasteiger partial charge in [0.1, 0.15) is 5.82 Å². The maximum Gasteiger partial charge on any atom is 0.127 e. The minimum Gasteiger partial charge on any atom is -0.246 e. The number of aromatic nitrogens is 2. The Morgan fingerprint density at radius 2 is 2.18 bits per heavy atom. The number of unbranched alkanes of at least 4 members (excludes halogenated alkanes) is 1. The van der Waals surface area contributed by atoms with E-state index in [4.69, 9.17) is 0 Å². The molecule has 1 aromatic heterocycles. The first-order chi connectivity index (χ1) is 7.90. The number of aryl methyl sites for hydroxylation is 1. The molecule has 0 bridgehead atoms. The van der Waals surface area contributed by atoms with Crippen molar-refractivity contribution >= 4 is 0 Å². The fraction of sp³-hybridized carbons (Fsp3) is 0.286. The molecule has 88 valence electrons. The predicted octanol–water partition coefficient (Wildman–Crippen LogP) is 3.28. The Bertz CT molecular complexity index is 443. The number of hydrogen-bond donors (Lipinski definition) is 0. The largest absolute Gasteiger partial charge is 0.246 e. The Kier molecular flexibility index (Phi) is 6.07. The summed E-state index contributed by atoms with van der Waals surface area (Å²) in [6, 6.07) is 12.9. The molecule has 0 N–H and O–H groups in total. The molecule has 0 atom stereocenters. The molecule has 0 aliphatic heterocycles. The number of nitrogens with zero attached hydrogens (tertiary/aromatic N) is 2. The van der Waals surface area contributed by atoms with Crippen molar-refractivity contribution in [2.24, 2.45) is 0 Å². The van der Waals surface area contributed by atoms with Gasteiger partial charge in [-0.3, -0.25) is 0 Å². The van der Waals surface area contributed by atoms with Crippen LogP contribution in [0.1, 0.15) is 25.6 Å². The summed E-state index contributed by atoms with van der Waals surface area (Å²) in [4.78, 5) is 8.83. The number of rotatable bonds is 4. The van der Waals surface area contributed by atoms with E-state index in [2.05, 4.69) is 23.0 Å². The Hall–Kier alpha value is -1.01. The minimum absolute atomic E-state index is 0. The van der Waals surface area contributed by atoms with E-state index in [0.717, 1.165) is 29.9 Å². The third-order valence-corrected chi connectivity index (χ3v) is 2.46. The van der Waals surface area contributed by atoms with E-state index in [9.17, 15) is 0 Å². The average Bonchev–Trinajstić information content (AvgIpc) is 2.38. The zero-order chi connectivity index (χ0) is 11.2. The smallest absolute Gasteiger partial charge is 0.127 e. The first-order valence-electron chi connectivity index (χ1n) is 5.68. The van der Waals surface area contributed by atoms with Crippen LogP contribution in [0, 0.1) is 6.07 Å². The van der Waals surface area contributed by atoms with E-state index >= 15 is 0 Å². The Labute approximate surface area is 117 Å². The van der Waals surface area contributed by atoms with Gasteiger partial charge in [0.25, 0.3) is 0 Å². The second-order valence-electron chi connectivity index (χ2n) is 3.75. The third-order valence-electron chi connectivity index (χ3n) is 2.46. The third kappa shape index (κ3) is 4.05. The quantitative estimate of drug-likeness (QED) is 0.743. The summed E-state index contributed by atoms with van der Waals surface area (Å²) in [6.07, 6.45) is 5.11. The van der Waals surface area contributed by atoms with Gasteiger partial charge in [-0.1, -0.05) is 13.3 Å². The summed E-state index contributed by atoms with van der Waals surface area (Å²) in [5, 5.41) is 0. The van der Waals surface area contributed by atoms with Crippen LogP contribution in [-0.2, 0) is 27.5 Å². The molecule has 0 aliphatic rings. The van der Waals surface area contributed by atoms with Crippen LogP contribution in [0.4, 0.5) is 0 Å². The minimum atomic E-state index is 0. The maximum atomic E-state index is 4.55. The van der Waals surface area contributed by atoms with Crippen LogP contribution in [-0.4, -0.2) is 9.97 Å². The SMILES string of the molecule is CCCCc1nccc(-c2c[c-]ccc2)n1.[W]. The fourth-order valence-electron chi connectivity index (χ4n) is 1.57. The van der Waals surface area contributed by atoms with Crippen molar-refractivity contribution in [1.82, 2.24) is 9.97 Å². The predicted molar refractivity (Wildman–Crippen MR) is 64.9 cm³/mol. The van der Waals surface area contributed by atoms with E-state index in [-0.39, 0.29) is 21.1 Å². The summed E-state index contributed by atoms with van der Waals surface area (Å²) in [6.45, 7) is 2.18. The molecule has 0 saturated heterocycles. The van der Waals surface area contributed by atoms with E-state index in [1.54, 1.807) is 0 Å². The van der Waals surface area contributed by atoms with E-state index < -0.39 is 0 Å². The Morgan fingerprint density at radius 1 is 1.29 bits per heavy atom. The fourth-order valence-corrected chi connectivity index (χ4v) is 1.57. The van der Waals surface area contributed by atoms with Crippen LogP contribution < -0.4 is 0 Å². The van der Waals surface area contributed by atoms with Crippen LogP contribution >= 0.6 is 0 Å². The first-order valence-corrected chi connectivity index (χ1v) is 5.68. The first kappa shape index (κ1) is 14.1. The molecule has 1 aromatic carbocycles. The van der Waals surface area contributed by atoms with Crippen LogP contribution in [0.2, 0.25) is 0 Å². The summed E-state index contributed by atoms with van der Waals surface area (Å²) in [5.41, 5.74) is 2.08. The number of hydrogen-bond acceptors (Lipinski definition) is 2. The zero-order valence-electron chi connectivity index (χ0n) is 9.89. The van der Waals surface area contributed by atoms with Crippen molar-refractivity contribution in [3.63, 3.8) is 0 Å². The number of benzene rings is 1. The van der Waals surface area contributed by atoms with Gasteiger partial charge in [-0.05, 0) is 12.5 Å². The molecular weight excluding hydrogens is 380 g/mol. The van der Waals surface area contributed by atoms with Gasteiger partial charge in [-0.15, -0.1) is 5.56 Å². The molecule has 0 spiro atoms. The van der Waals surface area contributed by atoms with Crippen molar-refractivity contribution in [1.29, 1.82) is 0 Å². The van der Waals surface area contributed by atoms with E-state index in [1.165, 1.54) is 6.42 Å². The van der Waals surface area contributed by atoms with Gasteiger partial charge in [0.05, 0.1) is 0 Å². The molecule has 3 heteroatoms. The van der Waals surface area contributed by atoms with Crippen molar-refractivity contribution < 1.29 is 21.1 Å². The van der Waals surface area contributed by atoms with E-state index in [1.807, 2.05) is 36.5 Å². The van der Waals surface area contributed by atoms with Gasteiger partial charge in [-0.25, -0.2) is 9.97 Å². The molecule has 0 unspecified atom stereocenters. The summed E-state index contributed by atoms with van der Waals surface area (Å²) < 4.78 is 0. The van der Waals surface area contributed by atoms with Gasteiger partial charge in [0.2, 0.25) is 0 Å². The molecule has 0 aliphatic carbocycles. The second-order valence-corrected chi connectivity index (χ2v) is 3.75. The van der Waals surface area contributed by atoms with Crippen LogP contribution in [0.3, 0.4) is 0 Å². The normalized spacial score (nSPS) is 9.71. The topological polar surface area (TPSA) is 25.8 Å². The van der Waals surface area contributed by atoms with Crippen LogP contribution in [0.5, 0.6) is 0 Å². The molecule has 2 rings (SSSR count). The monoisotopic (exact) mass is 395 g/mol. The molecule has 0 fully saturated rings. The second kappa shape index (κ2) is 7.34. The van der Waals surface area contributed by atoms with Gasteiger partial charge < -0.3 is 0 Å². The Morgan fingerprint density at radius 3 is 2.88 bits per heavy atom. The zero-order valence-corrected chi connectivity index (χ0v) is 12.8. The average molecular weight is 395 g/mol. The molecular formula is C14H15N2W-. The molecule has 0 saturated carbocycles. The van der Waals surface area contributed by atoms with Gasteiger partial charge in [0, 0.05) is 39.4 Å². The van der Waals surface area contributed by atoms with Crippen molar-refractivity contribution in [3.05, 3.63) is 48.4 Å². The van der Waals surface area contributed by atoms with Gasteiger partial charge >= 0.3 is 0 Å². The van der Waals surface area contributed by atoms with Crippen molar-refractivity contribution in [2.75, 3.05) is 0 Å². The van der Waals surface area contributed by atoms with Crippen LogP contribution in [0.25, 0.3) is 11.3 Å². The summed E-state index contributed by atoms with van der Waals surface area (Å²) in [7, 11) is 0. The summed E-state index contributed by atoms with van der Waals surface area (Å²) >= 11 is 0. The van der Waals surface area contributed by atoms with Crippen LogP contribution in [0.15, 0.2) is 36.5 Å². The molecule has 1 heterocycles. The standard InChI is InChI=1S/C14H15N2.W/c1-2-3-9-14-15-11-10-13(16-14)12-7-5-4-6-8-12;/h4-5,7-8,10-11H,2-3,9H2,1H3;/q-1;. The maximum absolute atomic E-state index is 4.55. The molecule has 0 amide bonds.